The van der Waals surface area contributed by atoms with E-state index in [1.807, 2.05) is 33.8 Å². The molecule has 1 aromatic rings. The number of carbonyl (C=O) groups is 2. The Kier molecular flexibility index (Phi) is 6.88. The first-order valence-electron chi connectivity index (χ1n) is 7.36. The largest absolute Gasteiger partial charge is 0.326 e. The number of nitrogens with one attached hydrogen (secondary N) is 3. The molecular formula is C16H25N3O2. The molecule has 0 bridgehead atoms. The molecule has 0 radical (unpaired) electrons. The van der Waals surface area contributed by atoms with Gasteiger partial charge in [0.25, 0.3) is 0 Å². The molecular weight excluding hydrogens is 266 g/mol. The molecule has 1 atom stereocenters. The minimum atomic E-state index is -0.112. The average Bonchev–Trinajstić information content (AvgIpc) is 2.44. The molecule has 2 amide bonds. The van der Waals surface area contributed by atoms with Gasteiger partial charge in [0, 0.05) is 29.8 Å². The predicted molar refractivity (Wildman–Crippen MR) is 86.2 cm³/mol. The highest BCUT2D eigenvalue weighted by atomic mass is 16.2. The van der Waals surface area contributed by atoms with Gasteiger partial charge in [-0.2, -0.15) is 0 Å². The summed E-state index contributed by atoms with van der Waals surface area (Å²) >= 11 is 0. The molecule has 1 aromatic carbocycles. The van der Waals surface area contributed by atoms with Gasteiger partial charge in [-0.1, -0.05) is 33.8 Å². The molecule has 3 N–H and O–H groups in total. The van der Waals surface area contributed by atoms with E-state index >= 15 is 0 Å². The van der Waals surface area contributed by atoms with Crippen LogP contribution in [0.1, 0.15) is 27.7 Å². The third kappa shape index (κ3) is 5.95. The molecule has 0 fully saturated rings. The summed E-state index contributed by atoms with van der Waals surface area (Å²) in [5, 5.41) is 8.83. The number of carbonyl (C=O) groups excluding carboxylic acids is 2. The fraction of sp³-hybridized carbons (Fsp3) is 0.500. The first kappa shape index (κ1) is 17.2. The van der Waals surface area contributed by atoms with Gasteiger partial charge < -0.3 is 16.0 Å². The van der Waals surface area contributed by atoms with Gasteiger partial charge in [-0.25, -0.2) is 0 Å². The molecule has 5 heteroatoms. The molecule has 0 aliphatic rings. The van der Waals surface area contributed by atoms with Gasteiger partial charge in [0.15, 0.2) is 0 Å². The number of hydrogen-bond donors (Lipinski definition) is 3. The van der Waals surface area contributed by atoms with E-state index in [1.54, 1.807) is 18.2 Å². The van der Waals surface area contributed by atoms with Crippen LogP contribution in [0.4, 0.5) is 11.4 Å². The van der Waals surface area contributed by atoms with E-state index in [4.69, 9.17) is 0 Å². The van der Waals surface area contributed by atoms with E-state index in [0.717, 1.165) is 6.54 Å². The van der Waals surface area contributed by atoms with Crippen molar-refractivity contribution in [2.45, 2.75) is 27.7 Å². The molecule has 5 nitrogen and oxygen atoms in total. The average molecular weight is 291 g/mol. The summed E-state index contributed by atoms with van der Waals surface area (Å²) in [6.45, 7) is 9.04. The summed E-state index contributed by atoms with van der Waals surface area (Å²) in [6.07, 6.45) is 0. The second-order valence-corrected chi connectivity index (χ2v) is 5.42. The molecule has 0 saturated carbocycles. The van der Waals surface area contributed by atoms with Gasteiger partial charge in [0.1, 0.15) is 0 Å². The summed E-state index contributed by atoms with van der Waals surface area (Å²) in [6, 6.07) is 7.18. The Morgan fingerprint density at radius 1 is 1.05 bits per heavy atom. The van der Waals surface area contributed by atoms with Crippen LogP contribution in [0.25, 0.3) is 0 Å². The molecule has 0 aliphatic heterocycles. The number of hydrogen-bond acceptors (Lipinski definition) is 3. The first-order valence-corrected chi connectivity index (χ1v) is 7.36. The predicted octanol–water partition coefficient (Wildman–Crippen LogP) is 2.47. The number of amides is 2. The van der Waals surface area contributed by atoms with Crippen molar-refractivity contribution in [3.05, 3.63) is 24.3 Å². The van der Waals surface area contributed by atoms with Crippen molar-refractivity contribution in [2.75, 3.05) is 23.7 Å². The lowest BCUT2D eigenvalue weighted by Crippen LogP contribution is -2.30. The van der Waals surface area contributed by atoms with E-state index in [2.05, 4.69) is 16.0 Å². The minimum absolute atomic E-state index is 0.0386. The van der Waals surface area contributed by atoms with E-state index in [-0.39, 0.29) is 23.7 Å². The lowest BCUT2D eigenvalue weighted by atomic mass is 10.1. The van der Waals surface area contributed by atoms with Crippen molar-refractivity contribution in [1.29, 1.82) is 0 Å². The standard InChI is InChI=1S/C16H25N3O2/c1-5-17-10-12(4)16(21)19-14-8-6-7-13(9-14)18-15(20)11(2)3/h6-9,11-12,17H,5,10H2,1-4H3,(H,18,20)(H,19,21). The third-order valence-electron chi connectivity index (χ3n) is 3.07. The summed E-state index contributed by atoms with van der Waals surface area (Å²) < 4.78 is 0. The molecule has 0 spiro atoms. The zero-order chi connectivity index (χ0) is 15.8. The fourth-order valence-corrected chi connectivity index (χ4v) is 1.68. The monoisotopic (exact) mass is 291 g/mol. The van der Waals surface area contributed by atoms with Gasteiger partial charge in [0.05, 0.1) is 0 Å². The molecule has 0 aliphatic carbocycles. The van der Waals surface area contributed by atoms with Gasteiger partial charge in [-0.05, 0) is 24.7 Å². The van der Waals surface area contributed by atoms with Crippen molar-refractivity contribution < 1.29 is 9.59 Å². The zero-order valence-corrected chi connectivity index (χ0v) is 13.2. The van der Waals surface area contributed by atoms with Crippen LogP contribution in [0.2, 0.25) is 0 Å². The molecule has 0 heterocycles. The lowest BCUT2D eigenvalue weighted by Gasteiger charge is -2.13. The van der Waals surface area contributed by atoms with Gasteiger partial charge in [-0.3, -0.25) is 9.59 Å². The van der Waals surface area contributed by atoms with Gasteiger partial charge in [0.2, 0.25) is 11.8 Å². The van der Waals surface area contributed by atoms with Crippen molar-refractivity contribution >= 4 is 23.2 Å². The van der Waals surface area contributed by atoms with Gasteiger partial charge >= 0.3 is 0 Å². The zero-order valence-electron chi connectivity index (χ0n) is 13.2. The van der Waals surface area contributed by atoms with Crippen LogP contribution in [-0.2, 0) is 9.59 Å². The topological polar surface area (TPSA) is 70.2 Å². The Morgan fingerprint density at radius 2 is 1.62 bits per heavy atom. The summed E-state index contributed by atoms with van der Waals surface area (Å²) in [5.74, 6) is -0.274. The SMILES string of the molecule is CCNCC(C)C(=O)Nc1cccc(NC(=O)C(C)C)c1. The van der Waals surface area contributed by atoms with E-state index in [0.29, 0.717) is 17.9 Å². The quantitative estimate of drug-likeness (QED) is 0.723. The van der Waals surface area contributed by atoms with Crippen molar-refractivity contribution in [1.82, 2.24) is 5.32 Å². The molecule has 116 valence electrons. The van der Waals surface area contributed by atoms with Crippen LogP contribution in [0.3, 0.4) is 0 Å². The van der Waals surface area contributed by atoms with Crippen molar-refractivity contribution in [3.63, 3.8) is 0 Å². The van der Waals surface area contributed by atoms with Crippen LogP contribution in [-0.4, -0.2) is 24.9 Å². The molecule has 1 unspecified atom stereocenters. The fourth-order valence-electron chi connectivity index (χ4n) is 1.68. The number of rotatable bonds is 7. The molecule has 1 rings (SSSR count). The Labute approximate surface area is 126 Å². The Morgan fingerprint density at radius 3 is 2.14 bits per heavy atom. The van der Waals surface area contributed by atoms with E-state index < -0.39 is 0 Å². The van der Waals surface area contributed by atoms with E-state index in [1.165, 1.54) is 0 Å². The smallest absolute Gasteiger partial charge is 0.228 e. The Bertz CT molecular complexity index is 486. The minimum Gasteiger partial charge on any atom is -0.326 e. The lowest BCUT2D eigenvalue weighted by molar-refractivity contribution is -0.119. The summed E-state index contributed by atoms with van der Waals surface area (Å²) in [7, 11) is 0. The number of anilines is 2. The van der Waals surface area contributed by atoms with Crippen molar-refractivity contribution in [3.8, 4) is 0 Å². The maximum Gasteiger partial charge on any atom is 0.228 e. The number of benzene rings is 1. The first-order chi connectivity index (χ1) is 9.93. The highest BCUT2D eigenvalue weighted by Crippen LogP contribution is 2.16. The molecule has 0 saturated heterocycles. The third-order valence-corrected chi connectivity index (χ3v) is 3.07. The van der Waals surface area contributed by atoms with Crippen LogP contribution < -0.4 is 16.0 Å². The molecule has 0 aromatic heterocycles. The van der Waals surface area contributed by atoms with Crippen molar-refractivity contribution in [2.24, 2.45) is 11.8 Å². The van der Waals surface area contributed by atoms with Crippen LogP contribution >= 0.6 is 0 Å². The highest BCUT2D eigenvalue weighted by molar-refractivity contribution is 5.95. The summed E-state index contributed by atoms with van der Waals surface area (Å²) in [5.41, 5.74) is 1.37. The second-order valence-electron chi connectivity index (χ2n) is 5.42. The van der Waals surface area contributed by atoms with Crippen LogP contribution in [0.5, 0.6) is 0 Å². The maximum atomic E-state index is 12.0. The Hall–Kier alpha value is -1.88. The second kappa shape index (κ2) is 8.42. The van der Waals surface area contributed by atoms with E-state index in [9.17, 15) is 9.59 Å². The van der Waals surface area contributed by atoms with Crippen LogP contribution in [0.15, 0.2) is 24.3 Å². The Balaban J connectivity index is 2.64. The van der Waals surface area contributed by atoms with Gasteiger partial charge in [-0.15, -0.1) is 0 Å². The molecule has 21 heavy (non-hydrogen) atoms. The maximum absolute atomic E-state index is 12.0. The van der Waals surface area contributed by atoms with Crippen LogP contribution in [0, 0.1) is 11.8 Å². The summed E-state index contributed by atoms with van der Waals surface area (Å²) in [4.78, 5) is 23.7. The highest BCUT2D eigenvalue weighted by Gasteiger charge is 2.13. The normalized spacial score (nSPS) is 12.0.